The number of hydrogen-bond acceptors (Lipinski definition) is 4. The number of nitrogens with zero attached hydrogens (tertiary/aromatic N) is 1. The molecule has 0 saturated heterocycles. The highest BCUT2D eigenvalue weighted by atomic mass is 16.5. The van der Waals surface area contributed by atoms with Crippen molar-refractivity contribution in [3.8, 4) is 0 Å². The Hall–Kier alpha value is -2.08. The Morgan fingerprint density at radius 1 is 1.36 bits per heavy atom. The van der Waals surface area contributed by atoms with Crippen LogP contribution in [0.2, 0.25) is 0 Å². The van der Waals surface area contributed by atoms with E-state index in [-0.39, 0.29) is 18.6 Å². The van der Waals surface area contributed by atoms with Crippen molar-refractivity contribution >= 4 is 17.6 Å². The number of para-hydroxylation sites is 1. The van der Waals surface area contributed by atoms with Gasteiger partial charge < -0.3 is 20.1 Å². The second-order valence-corrected chi connectivity index (χ2v) is 7.43. The average molecular weight is 346 g/mol. The number of fused-ring (bicyclic) bond motifs is 1. The van der Waals surface area contributed by atoms with E-state index in [1.54, 1.807) is 0 Å². The average Bonchev–Trinajstić information content (AvgIpc) is 2.96. The Morgan fingerprint density at radius 2 is 2.08 bits per heavy atom. The van der Waals surface area contributed by atoms with Crippen LogP contribution < -0.4 is 10.2 Å². The molecule has 0 spiro atoms. The van der Waals surface area contributed by atoms with Gasteiger partial charge in [-0.2, -0.15) is 0 Å². The number of benzene rings is 1. The molecule has 1 amide bonds. The molecule has 2 atom stereocenters. The van der Waals surface area contributed by atoms with E-state index in [2.05, 4.69) is 11.4 Å². The highest BCUT2D eigenvalue weighted by Crippen LogP contribution is 2.51. The van der Waals surface area contributed by atoms with E-state index in [4.69, 9.17) is 4.74 Å². The Bertz CT molecular complexity index is 688. The minimum atomic E-state index is -1.27. The lowest BCUT2D eigenvalue weighted by molar-refractivity contribution is -0.194. The second kappa shape index (κ2) is 6.33. The van der Waals surface area contributed by atoms with E-state index in [1.165, 1.54) is 5.56 Å². The molecule has 0 bridgehead atoms. The molecule has 0 radical (unpaired) electrons. The zero-order valence-electron chi connectivity index (χ0n) is 15.0. The second-order valence-electron chi connectivity index (χ2n) is 7.43. The number of carbonyl (C=O) groups excluding carboxylic acids is 1. The van der Waals surface area contributed by atoms with Crippen LogP contribution >= 0.6 is 0 Å². The fraction of sp³-hybridized carbons (Fsp3) is 0.579. The zero-order valence-corrected chi connectivity index (χ0v) is 15.0. The molecule has 3 rings (SSSR count). The lowest BCUT2D eigenvalue weighted by Crippen LogP contribution is -2.76. The number of aliphatic carboxylic acids is 1. The first-order chi connectivity index (χ1) is 11.8. The first-order valence-corrected chi connectivity index (χ1v) is 8.80. The van der Waals surface area contributed by atoms with Gasteiger partial charge in [-0.3, -0.25) is 4.79 Å². The molecule has 1 fully saturated rings. The molecule has 2 unspecified atom stereocenters. The van der Waals surface area contributed by atoms with Gasteiger partial charge in [0, 0.05) is 30.7 Å². The number of carboxylic acid groups (broad SMARTS) is 1. The van der Waals surface area contributed by atoms with Gasteiger partial charge in [-0.15, -0.1) is 0 Å². The lowest BCUT2D eigenvalue weighted by atomic mass is 9.54. The van der Waals surface area contributed by atoms with Crippen molar-refractivity contribution in [2.24, 2.45) is 5.41 Å². The van der Waals surface area contributed by atoms with E-state index >= 15 is 0 Å². The molecule has 6 heteroatoms. The summed E-state index contributed by atoms with van der Waals surface area (Å²) < 4.78 is 5.63. The summed E-state index contributed by atoms with van der Waals surface area (Å²) in [4.78, 5) is 26.6. The molecule has 1 saturated carbocycles. The third-order valence-corrected chi connectivity index (χ3v) is 5.80. The van der Waals surface area contributed by atoms with Crippen LogP contribution in [0.25, 0.3) is 0 Å². The number of amides is 1. The molecule has 136 valence electrons. The van der Waals surface area contributed by atoms with Gasteiger partial charge in [0.25, 0.3) is 0 Å². The van der Waals surface area contributed by atoms with Crippen LogP contribution in [-0.2, 0) is 20.7 Å². The fourth-order valence-electron chi connectivity index (χ4n) is 4.06. The van der Waals surface area contributed by atoms with Gasteiger partial charge in [-0.1, -0.05) is 32.0 Å². The molecule has 2 N–H and O–H groups in total. The molecule has 6 nitrogen and oxygen atoms in total. The largest absolute Gasteiger partial charge is 0.479 e. The zero-order chi connectivity index (χ0) is 18.2. The van der Waals surface area contributed by atoms with E-state index in [0.29, 0.717) is 13.0 Å². The van der Waals surface area contributed by atoms with Gasteiger partial charge in [0.1, 0.15) is 5.54 Å². The molecule has 1 heterocycles. The third-order valence-electron chi connectivity index (χ3n) is 5.80. The van der Waals surface area contributed by atoms with Crippen molar-refractivity contribution in [1.29, 1.82) is 0 Å². The van der Waals surface area contributed by atoms with Crippen molar-refractivity contribution < 1.29 is 19.4 Å². The van der Waals surface area contributed by atoms with Gasteiger partial charge in [-0.05, 0) is 25.0 Å². The van der Waals surface area contributed by atoms with Gasteiger partial charge in [0.2, 0.25) is 5.91 Å². The molecule has 1 aromatic rings. The summed E-state index contributed by atoms with van der Waals surface area (Å²) in [5.74, 6) is -1.26. The van der Waals surface area contributed by atoms with Crippen LogP contribution in [0.15, 0.2) is 24.3 Å². The Balaban J connectivity index is 1.70. The van der Waals surface area contributed by atoms with E-state index in [0.717, 1.165) is 18.7 Å². The Kier molecular flexibility index (Phi) is 4.49. The summed E-state index contributed by atoms with van der Waals surface area (Å²) in [5, 5.41) is 12.6. The third kappa shape index (κ3) is 2.78. The molecular weight excluding hydrogens is 320 g/mol. The lowest BCUT2D eigenvalue weighted by Gasteiger charge is -2.58. The minimum Gasteiger partial charge on any atom is -0.479 e. The number of rotatable bonds is 6. The van der Waals surface area contributed by atoms with Crippen LogP contribution in [0.4, 0.5) is 5.69 Å². The van der Waals surface area contributed by atoms with Crippen LogP contribution in [0.3, 0.4) is 0 Å². The number of carbonyl (C=O) groups is 2. The first kappa shape index (κ1) is 17.7. The molecule has 25 heavy (non-hydrogen) atoms. The molecule has 0 aromatic heterocycles. The van der Waals surface area contributed by atoms with Crippen molar-refractivity contribution in [3.63, 3.8) is 0 Å². The van der Waals surface area contributed by atoms with Crippen LogP contribution in [-0.4, -0.2) is 48.3 Å². The fourth-order valence-corrected chi connectivity index (χ4v) is 4.06. The first-order valence-electron chi connectivity index (χ1n) is 8.80. The Labute approximate surface area is 148 Å². The molecule has 1 aliphatic carbocycles. The van der Waals surface area contributed by atoms with Crippen molar-refractivity contribution in [2.75, 3.05) is 24.6 Å². The predicted molar refractivity (Wildman–Crippen MR) is 94.7 cm³/mol. The summed E-state index contributed by atoms with van der Waals surface area (Å²) >= 11 is 0. The summed E-state index contributed by atoms with van der Waals surface area (Å²) in [6.07, 6.45) is 1.04. The number of carboxylic acids is 1. The van der Waals surface area contributed by atoms with E-state index in [1.807, 2.05) is 43.9 Å². The number of hydrogen-bond donors (Lipinski definition) is 2. The van der Waals surface area contributed by atoms with Crippen LogP contribution in [0.1, 0.15) is 32.8 Å². The maximum Gasteiger partial charge on any atom is 0.330 e. The molecule has 1 aliphatic heterocycles. The van der Waals surface area contributed by atoms with Gasteiger partial charge in [-0.25, -0.2) is 4.79 Å². The van der Waals surface area contributed by atoms with E-state index < -0.39 is 16.9 Å². The minimum absolute atomic E-state index is 0.165. The number of anilines is 1. The summed E-state index contributed by atoms with van der Waals surface area (Å²) in [6.45, 7) is 7.05. The SMILES string of the molecule is CCOC1CC(NC(=O)CN2CCc3ccccc32)(C(=O)O)C1(C)C. The highest BCUT2D eigenvalue weighted by Gasteiger charge is 2.66. The highest BCUT2D eigenvalue weighted by molar-refractivity contribution is 5.91. The molecule has 2 aliphatic rings. The normalized spacial score (nSPS) is 26.7. The van der Waals surface area contributed by atoms with Gasteiger partial charge in [0.05, 0.1) is 12.6 Å². The summed E-state index contributed by atoms with van der Waals surface area (Å²) in [6, 6.07) is 8.01. The standard InChI is InChI=1S/C19H26N2O4/c1-4-25-15-11-19(17(23)24,18(15,2)3)20-16(22)12-21-10-9-13-7-5-6-8-14(13)21/h5-8,15H,4,9-12H2,1-3H3,(H,20,22)(H,23,24). The monoisotopic (exact) mass is 346 g/mol. The Morgan fingerprint density at radius 3 is 2.72 bits per heavy atom. The van der Waals surface area contributed by atoms with Crippen LogP contribution in [0.5, 0.6) is 0 Å². The quantitative estimate of drug-likeness (QED) is 0.821. The number of nitrogens with one attached hydrogen (secondary N) is 1. The van der Waals surface area contributed by atoms with Crippen molar-refractivity contribution in [2.45, 2.75) is 45.3 Å². The topological polar surface area (TPSA) is 78.9 Å². The predicted octanol–water partition coefficient (Wildman–Crippen LogP) is 1.82. The van der Waals surface area contributed by atoms with E-state index in [9.17, 15) is 14.7 Å². The maximum atomic E-state index is 12.6. The van der Waals surface area contributed by atoms with Crippen molar-refractivity contribution in [3.05, 3.63) is 29.8 Å². The number of ether oxygens (including phenoxy) is 1. The molecular formula is C19H26N2O4. The van der Waals surface area contributed by atoms with Crippen molar-refractivity contribution in [1.82, 2.24) is 5.32 Å². The summed E-state index contributed by atoms with van der Waals surface area (Å²) in [7, 11) is 0. The molecule has 1 aromatic carbocycles. The van der Waals surface area contributed by atoms with Crippen LogP contribution in [0, 0.1) is 5.41 Å². The van der Waals surface area contributed by atoms with Gasteiger partial charge >= 0.3 is 5.97 Å². The smallest absolute Gasteiger partial charge is 0.330 e. The van der Waals surface area contributed by atoms with Gasteiger partial charge in [0.15, 0.2) is 0 Å². The summed E-state index contributed by atoms with van der Waals surface area (Å²) in [5.41, 5.74) is 0.349. The maximum absolute atomic E-state index is 12.6.